The smallest absolute Gasteiger partial charge is 0.0499 e. The van der Waals surface area contributed by atoms with Gasteiger partial charge in [0.25, 0.3) is 0 Å². The maximum absolute atomic E-state index is 9.20. The van der Waals surface area contributed by atoms with Gasteiger partial charge in [-0.3, -0.25) is 0 Å². The molecule has 0 amide bonds. The van der Waals surface area contributed by atoms with Gasteiger partial charge in [0.05, 0.1) is 0 Å². The number of aliphatic hydroxyl groups is 1. The van der Waals surface area contributed by atoms with Crippen LogP contribution in [0.3, 0.4) is 0 Å². The molecular formula is C12H18BrNO. The van der Waals surface area contributed by atoms with Gasteiger partial charge in [-0.05, 0) is 24.3 Å². The molecule has 0 unspecified atom stereocenters. The lowest BCUT2D eigenvalue weighted by Crippen LogP contribution is -2.33. The minimum Gasteiger partial charge on any atom is -0.396 e. The standard InChI is InChI=1S/C12H18BrNO/c1-12(2,9-15)8-14(3)11-6-4-10(13)5-7-11/h4-7,15H,8-9H2,1-3H3. The summed E-state index contributed by atoms with van der Waals surface area (Å²) in [5, 5.41) is 9.20. The van der Waals surface area contributed by atoms with Crippen LogP contribution in [-0.4, -0.2) is 25.3 Å². The van der Waals surface area contributed by atoms with Gasteiger partial charge in [-0.1, -0.05) is 29.8 Å². The summed E-state index contributed by atoms with van der Waals surface area (Å²) in [7, 11) is 2.04. The van der Waals surface area contributed by atoms with Gasteiger partial charge in [-0.25, -0.2) is 0 Å². The van der Waals surface area contributed by atoms with Crippen LogP contribution in [0.1, 0.15) is 13.8 Å². The Kier molecular flexibility index (Phi) is 4.17. The van der Waals surface area contributed by atoms with Gasteiger partial charge in [0.2, 0.25) is 0 Å². The number of rotatable bonds is 4. The van der Waals surface area contributed by atoms with Crippen LogP contribution < -0.4 is 4.90 Å². The van der Waals surface area contributed by atoms with Crippen molar-refractivity contribution >= 4 is 21.6 Å². The van der Waals surface area contributed by atoms with Crippen molar-refractivity contribution in [1.29, 1.82) is 0 Å². The summed E-state index contributed by atoms with van der Waals surface area (Å²) in [5.41, 5.74) is 1.10. The molecule has 0 spiro atoms. The predicted molar refractivity (Wildman–Crippen MR) is 68.3 cm³/mol. The molecule has 84 valence electrons. The zero-order valence-corrected chi connectivity index (χ0v) is 11.1. The number of nitrogens with zero attached hydrogens (tertiary/aromatic N) is 1. The van der Waals surface area contributed by atoms with E-state index in [0.717, 1.165) is 11.0 Å². The first-order valence-electron chi connectivity index (χ1n) is 5.02. The van der Waals surface area contributed by atoms with E-state index < -0.39 is 0 Å². The summed E-state index contributed by atoms with van der Waals surface area (Å²) in [6.07, 6.45) is 0. The second kappa shape index (κ2) is 4.99. The molecule has 1 N–H and O–H groups in total. The maximum Gasteiger partial charge on any atom is 0.0499 e. The van der Waals surface area contributed by atoms with E-state index in [-0.39, 0.29) is 12.0 Å². The molecule has 15 heavy (non-hydrogen) atoms. The highest BCUT2D eigenvalue weighted by Crippen LogP contribution is 2.22. The van der Waals surface area contributed by atoms with Crippen molar-refractivity contribution in [3.05, 3.63) is 28.7 Å². The normalized spacial score (nSPS) is 11.5. The van der Waals surface area contributed by atoms with Gasteiger partial charge in [-0.15, -0.1) is 0 Å². The molecule has 0 aliphatic carbocycles. The lowest BCUT2D eigenvalue weighted by Gasteiger charge is -2.29. The van der Waals surface area contributed by atoms with Gasteiger partial charge in [0, 0.05) is 35.8 Å². The van der Waals surface area contributed by atoms with E-state index in [4.69, 9.17) is 0 Å². The highest BCUT2D eigenvalue weighted by molar-refractivity contribution is 9.10. The van der Waals surface area contributed by atoms with Crippen LogP contribution in [0, 0.1) is 5.41 Å². The molecule has 0 saturated heterocycles. The summed E-state index contributed by atoms with van der Waals surface area (Å²) in [4.78, 5) is 2.16. The molecule has 0 bridgehead atoms. The predicted octanol–water partition coefficient (Wildman–Crippen LogP) is 2.90. The SMILES string of the molecule is CN(CC(C)(C)CO)c1ccc(Br)cc1. The molecule has 0 aliphatic rings. The number of anilines is 1. The third kappa shape index (κ3) is 3.84. The summed E-state index contributed by atoms with van der Waals surface area (Å²) in [6, 6.07) is 8.19. The zero-order valence-electron chi connectivity index (χ0n) is 9.50. The molecule has 2 nitrogen and oxygen atoms in total. The zero-order chi connectivity index (χ0) is 11.5. The van der Waals surface area contributed by atoms with E-state index in [1.54, 1.807) is 0 Å². The fourth-order valence-corrected chi connectivity index (χ4v) is 1.74. The van der Waals surface area contributed by atoms with Crippen molar-refractivity contribution in [2.75, 3.05) is 25.1 Å². The number of aliphatic hydroxyl groups excluding tert-OH is 1. The van der Waals surface area contributed by atoms with Crippen LogP contribution in [-0.2, 0) is 0 Å². The molecule has 0 heterocycles. The third-order valence-electron chi connectivity index (χ3n) is 2.36. The molecule has 1 rings (SSSR count). The minimum atomic E-state index is -0.0676. The quantitative estimate of drug-likeness (QED) is 0.911. The van der Waals surface area contributed by atoms with Gasteiger partial charge >= 0.3 is 0 Å². The first kappa shape index (κ1) is 12.5. The number of hydrogen-bond donors (Lipinski definition) is 1. The molecular weight excluding hydrogens is 254 g/mol. The molecule has 0 aromatic heterocycles. The van der Waals surface area contributed by atoms with Gasteiger partial charge in [-0.2, -0.15) is 0 Å². The summed E-state index contributed by atoms with van der Waals surface area (Å²) >= 11 is 3.41. The Hall–Kier alpha value is -0.540. The molecule has 3 heteroatoms. The Bertz CT molecular complexity index is 308. The second-order valence-electron chi connectivity index (χ2n) is 4.65. The van der Waals surface area contributed by atoms with Crippen LogP contribution >= 0.6 is 15.9 Å². The lowest BCUT2D eigenvalue weighted by molar-refractivity contribution is 0.165. The van der Waals surface area contributed by atoms with Crippen LogP contribution in [0.15, 0.2) is 28.7 Å². The minimum absolute atomic E-state index is 0.0676. The molecule has 0 atom stereocenters. The van der Waals surface area contributed by atoms with Crippen LogP contribution in [0.5, 0.6) is 0 Å². The molecule has 0 aliphatic heterocycles. The van der Waals surface area contributed by atoms with Crippen molar-refractivity contribution in [3.8, 4) is 0 Å². The Morgan fingerprint density at radius 1 is 1.27 bits per heavy atom. The van der Waals surface area contributed by atoms with Gasteiger partial charge in [0.1, 0.15) is 0 Å². The fraction of sp³-hybridized carbons (Fsp3) is 0.500. The molecule has 0 radical (unpaired) electrons. The summed E-state index contributed by atoms with van der Waals surface area (Å²) in [6.45, 7) is 5.16. The van der Waals surface area contributed by atoms with Crippen molar-refractivity contribution in [2.45, 2.75) is 13.8 Å². The number of halogens is 1. The first-order chi connectivity index (χ1) is 6.94. The van der Waals surface area contributed by atoms with Crippen molar-refractivity contribution in [1.82, 2.24) is 0 Å². The Morgan fingerprint density at radius 2 is 1.80 bits per heavy atom. The van der Waals surface area contributed by atoms with Crippen molar-refractivity contribution in [2.24, 2.45) is 5.41 Å². The van der Waals surface area contributed by atoms with E-state index in [2.05, 4.69) is 46.8 Å². The molecule has 1 aromatic rings. The van der Waals surface area contributed by atoms with Gasteiger partial charge in [0.15, 0.2) is 0 Å². The fourth-order valence-electron chi connectivity index (χ4n) is 1.48. The van der Waals surface area contributed by atoms with Crippen LogP contribution in [0.2, 0.25) is 0 Å². The summed E-state index contributed by atoms with van der Waals surface area (Å²) in [5.74, 6) is 0. The Morgan fingerprint density at radius 3 is 2.27 bits per heavy atom. The van der Waals surface area contributed by atoms with E-state index in [1.165, 1.54) is 5.69 Å². The Balaban J connectivity index is 2.69. The van der Waals surface area contributed by atoms with Crippen LogP contribution in [0.25, 0.3) is 0 Å². The highest BCUT2D eigenvalue weighted by Gasteiger charge is 2.18. The molecule has 0 fully saturated rings. The first-order valence-corrected chi connectivity index (χ1v) is 5.81. The number of hydrogen-bond acceptors (Lipinski definition) is 2. The molecule has 0 saturated carbocycles. The number of benzene rings is 1. The maximum atomic E-state index is 9.20. The largest absolute Gasteiger partial charge is 0.396 e. The van der Waals surface area contributed by atoms with E-state index in [1.807, 2.05) is 19.2 Å². The van der Waals surface area contributed by atoms with Gasteiger partial charge < -0.3 is 10.0 Å². The van der Waals surface area contributed by atoms with E-state index in [0.29, 0.717) is 0 Å². The Labute approximate surface area is 100 Å². The third-order valence-corrected chi connectivity index (χ3v) is 2.89. The highest BCUT2D eigenvalue weighted by atomic mass is 79.9. The average Bonchev–Trinajstić information content (AvgIpc) is 2.18. The second-order valence-corrected chi connectivity index (χ2v) is 5.57. The van der Waals surface area contributed by atoms with E-state index in [9.17, 15) is 5.11 Å². The monoisotopic (exact) mass is 271 g/mol. The molecule has 1 aromatic carbocycles. The topological polar surface area (TPSA) is 23.5 Å². The lowest BCUT2D eigenvalue weighted by atomic mass is 9.94. The van der Waals surface area contributed by atoms with Crippen molar-refractivity contribution < 1.29 is 5.11 Å². The summed E-state index contributed by atoms with van der Waals surface area (Å²) < 4.78 is 1.08. The van der Waals surface area contributed by atoms with Crippen LogP contribution in [0.4, 0.5) is 5.69 Å². The van der Waals surface area contributed by atoms with E-state index >= 15 is 0 Å². The average molecular weight is 272 g/mol. The van der Waals surface area contributed by atoms with Crippen molar-refractivity contribution in [3.63, 3.8) is 0 Å².